The lowest BCUT2D eigenvalue weighted by Crippen LogP contribution is -2.12. The lowest BCUT2D eigenvalue weighted by Gasteiger charge is -2.10. The maximum atomic E-state index is 11.3. The number of benzene rings is 2. The molecule has 0 unspecified atom stereocenters. The first-order valence-electron chi connectivity index (χ1n) is 7.64. The van der Waals surface area contributed by atoms with Crippen molar-refractivity contribution in [2.75, 3.05) is 11.9 Å². The summed E-state index contributed by atoms with van der Waals surface area (Å²) in [4.78, 5) is 4.51. The van der Waals surface area contributed by atoms with Crippen molar-refractivity contribution in [2.45, 2.75) is 18.2 Å². The van der Waals surface area contributed by atoms with Gasteiger partial charge in [0.15, 0.2) is 0 Å². The van der Waals surface area contributed by atoms with Gasteiger partial charge in [-0.3, -0.25) is 4.98 Å². The molecule has 1 aromatic heterocycles. The summed E-state index contributed by atoms with van der Waals surface area (Å²) in [5, 5.41) is 9.63. The molecule has 3 aromatic rings. The molecule has 0 aliphatic rings. The van der Waals surface area contributed by atoms with Crippen molar-refractivity contribution in [3.8, 4) is 0 Å². The Labute approximate surface area is 141 Å². The molecule has 2 aromatic carbocycles. The first kappa shape index (κ1) is 16.4. The number of hydrogen-bond donors (Lipinski definition) is 2. The van der Waals surface area contributed by atoms with Gasteiger partial charge in [0.2, 0.25) is 10.0 Å². The predicted octanol–water partition coefficient (Wildman–Crippen LogP) is 2.85. The number of hydrogen-bond acceptors (Lipinski definition) is 4. The third kappa shape index (κ3) is 3.72. The molecule has 0 aliphatic heterocycles. The van der Waals surface area contributed by atoms with Gasteiger partial charge in [-0.2, -0.15) is 0 Å². The lowest BCUT2D eigenvalue weighted by atomic mass is 10.1. The largest absolute Gasteiger partial charge is 0.384 e. The second-order valence-corrected chi connectivity index (χ2v) is 7.31. The van der Waals surface area contributed by atoms with Gasteiger partial charge in [-0.15, -0.1) is 0 Å². The molecule has 0 saturated heterocycles. The van der Waals surface area contributed by atoms with Gasteiger partial charge in [-0.1, -0.05) is 23.8 Å². The minimum absolute atomic E-state index is 0.134. The Morgan fingerprint density at radius 1 is 1.08 bits per heavy atom. The Hall–Kier alpha value is -2.44. The average Bonchev–Trinajstić information content (AvgIpc) is 2.55. The molecule has 0 radical (unpaired) electrons. The highest BCUT2D eigenvalue weighted by molar-refractivity contribution is 7.89. The average molecular weight is 341 g/mol. The Bertz CT molecular complexity index is 967. The Morgan fingerprint density at radius 2 is 1.83 bits per heavy atom. The second-order valence-electron chi connectivity index (χ2n) is 5.74. The van der Waals surface area contributed by atoms with E-state index >= 15 is 0 Å². The number of sulfonamides is 1. The fourth-order valence-corrected chi connectivity index (χ4v) is 3.12. The van der Waals surface area contributed by atoms with Crippen LogP contribution in [0.25, 0.3) is 10.9 Å². The standard InChI is InChI=1S/C18H19N3O2S/c1-13-2-7-17-16(12-13)18(9-11-21-17)20-10-8-14-3-5-15(6-4-14)24(19,22)23/h2-7,9,11-12H,8,10H2,1H3,(H,20,21)(H2,19,22,23). The van der Waals surface area contributed by atoms with Gasteiger partial charge in [-0.25, -0.2) is 13.6 Å². The molecular weight excluding hydrogens is 322 g/mol. The molecule has 0 bridgehead atoms. The molecule has 1 heterocycles. The van der Waals surface area contributed by atoms with E-state index in [9.17, 15) is 8.42 Å². The number of aryl methyl sites for hydroxylation is 1. The number of rotatable bonds is 5. The molecule has 0 atom stereocenters. The number of nitrogens with zero attached hydrogens (tertiary/aromatic N) is 1. The number of primary sulfonamides is 1. The summed E-state index contributed by atoms with van der Waals surface area (Å²) in [6.07, 6.45) is 2.57. The number of fused-ring (bicyclic) bond motifs is 1. The minimum atomic E-state index is -3.63. The van der Waals surface area contributed by atoms with Crippen molar-refractivity contribution in [2.24, 2.45) is 5.14 Å². The monoisotopic (exact) mass is 341 g/mol. The summed E-state index contributed by atoms with van der Waals surface area (Å²) in [5.41, 5.74) is 4.24. The quantitative estimate of drug-likeness (QED) is 0.747. The predicted molar refractivity (Wildman–Crippen MR) is 96.5 cm³/mol. The zero-order valence-corrected chi connectivity index (χ0v) is 14.2. The summed E-state index contributed by atoms with van der Waals surface area (Å²) in [7, 11) is -3.63. The van der Waals surface area contributed by atoms with Gasteiger partial charge in [0.05, 0.1) is 10.4 Å². The second kappa shape index (κ2) is 6.59. The van der Waals surface area contributed by atoms with Crippen LogP contribution in [0.15, 0.2) is 59.6 Å². The van der Waals surface area contributed by atoms with Crippen LogP contribution in [0, 0.1) is 6.92 Å². The lowest BCUT2D eigenvalue weighted by molar-refractivity contribution is 0.598. The molecule has 0 saturated carbocycles. The van der Waals surface area contributed by atoms with Crippen LogP contribution in [-0.2, 0) is 16.4 Å². The van der Waals surface area contributed by atoms with E-state index < -0.39 is 10.0 Å². The molecule has 0 aliphatic carbocycles. The van der Waals surface area contributed by atoms with Gasteiger partial charge in [0.25, 0.3) is 0 Å². The van der Waals surface area contributed by atoms with Crippen LogP contribution in [0.4, 0.5) is 5.69 Å². The third-order valence-corrected chi connectivity index (χ3v) is 4.81. The van der Waals surface area contributed by atoms with E-state index in [1.165, 1.54) is 17.7 Å². The Morgan fingerprint density at radius 3 is 2.54 bits per heavy atom. The van der Waals surface area contributed by atoms with Crippen molar-refractivity contribution in [1.82, 2.24) is 4.98 Å². The molecule has 5 nitrogen and oxygen atoms in total. The summed E-state index contributed by atoms with van der Waals surface area (Å²) in [6, 6.07) is 14.8. The summed E-state index contributed by atoms with van der Waals surface area (Å²) >= 11 is 0. The SMILES string of the molecule is Cc1ccc2nccc(NCCc3ccc(S(N)(=O)=O)cc3)c2c1. The minimum Gasteiger partial charge on any atom is -0.384 e. The van der Waals surface area contributed by atoms with Gasteiger partial charge in [-0.05, 0) is 49.2 Å². The third-order valence-electron chi connectivity index (χ3n) is 3.88. The highest BCUT2D eigenvalue weighted by atomic mass is 32.2. The fourth-order valence-electron chi connectivity index (χ4n) is 2.60. The van der Waals surface area contributed by atoms with Gasteiger partial charge >= 0.3 is 0 Å². The van der Waals surface area contributed by atoms with Crippen LogP contribution >= 0.6 is 0 Å². The van der Waals surface area contributed by atoms with Crippen molar-refractivity contribution in [1.29, 1.82) is 0 Å². The van der Waals surface area contributed by atoms with Crippen molar-refractivity contribution in [3.63, 3.8) is 0 Å². The molecule has 0 fully saturated rings. The van der Waals surface area contributed by atoms with Crippen LogP contribution in [0.2, 0.25) is 0 Å². The first-order chi connectivity index (χ1) is 11.4. The van der Waals surface area contributed by atoms with Crippen molar-refractivity contribution < 1.29 is 8.42 Å². The number of pyridine rings is 1. The van der Waals surface area contributed by atoms with Crippen LogP contribution in [0.5, 0.6) is 0 Å². The number of anilines is 1. The molecule has 0 amide bonds. The molecular formula is C18H19N3O2S. The van der Waals surface area contributed by atoms with E-state index in [1.807, 2.05) is 18.2 Å². The summed E-state index contributed by atoms with van der Waals surface area (Å²) in [5.74, 6) is 0. The van der Waals surface area contributed by atoms with Crippen LogP contribution in [-0.4, -0.2) is 19.9 Å². The molecule has 6 heteroatoms. The molecule has 0 spiro atoms. The Balaban J connectivity index is 1.70. The van der Waals surface area contributed by atoms with Crippen molar-refractivity contribution >= 4 is 26.6 Å². The fraction of sp³-hybridized carbons (Fsp3) is 0.167. The maximum absolute atomic E-state index is 11.3. The van der Waals surface area contributed by atoms with E-state index in [4.69, 9.17) is 5.14 Å². The van der Waals surface area contributed by atoms with E-state index in [2.05, 4.69) is 23.3 Å². The van der Waals surface area contributed by atoms with E-state index in [1.54, 1.807) is 18.3 Å². The topological polar surface area (TPSA) is 85.1 Å². The van der Waals surface area contributed by atoms with Gasteiger partial charge < -0.3 is 5.32 Å². The van der Waals surface area contributed by atoms with Gasteiger partial charge in [0.1, 0.15) is 0 Å². The summed E-state index contributed by atoms with van der Waals surface area (Å²) in [6.45, 7) is 2.80. The van der Waals surface area contributed by atoms with E-state index in [-0.39, 0.29) is 4.90 Å². The number of nitrogens with two attached hydrogens (primary N) is 1. The number of nitrogens with one attached hydrogen (secondary N) is 1. The van der Waals surface area contributed by atoms with Crippen molar-refractivity contribution in [3.05, 3.63) is 65.9 Å². The summed E-state index contributed by atoms with van der Waals surface area (Å²) < 4.78 is 22.5. The molecule has 3 N–H and O–H groups in total. The molecule has 3 rings (SSSR count). The number of aromatic nitrogens is 1. The van der Waals surface area contributed by atoms with E-state index in [0.717, 1.165) is 35.1 Å². The zero-order valence-electron chi connectivity index (χ0n) is 13.4. The van der Waals surface area contributed by atoms with E-state index in [0.29, 0.717) is 0 Å². The highest BCUT2D eigenvalue weighted by Gasteiger charge is 2.07. The van der Waals surface area contributed by atoms with Crippen LogP contribution in [0.3, 0.4) is 0 Å². The smallest absolute Gasteiger partial charge is 0.238 e. The maximum Gasteiger partial charge on any atom is 0.238 e. The molecule has 24 heavy (non-hydrogen) atoms. The van der Waals surface area contributed by atoms with Crippen LogP contribution in [0.1, 0.15) is 11.1 Å². The Kier molecular flexibility index (Phi) is 4.51. The molecule has 124 valence electrons. The highest BCUT2D eigenvalue weighted by Crippen LogP contribution is 2.22. The van der Waals surface area contributed by atoms with Crippen LogP contribution < -0.4 is 10.5 Å². The zero-order chi connectivity index (χ0) is 17.2. The first-order valence-corrected chi connectivity index (χ1v) is 9.19. The normalized spacial score (nSPS) is 11.6. The van der Waals surface area contributed by atoms with Gasteiger partial charge in [0, 0.05) is 23.8 Å².